The minimum atomic E-state index is -0.0613. The van der Waals surface area contributed by atoms with Crippen molar-refractivity contribution in [3.05, 3.63) is 47.5 Å². The number of carbonyl (C=O) groups excluding carboxylic acids is 1. The van der Waals surface area contributed by atoms with Crippen LogP contribution >= 0.6 is 0 Å². The molecule has 1 amide bonds. The summed E-state index contributed by atoms with van der Waals surface area (Å²) in [7, 11) is 1.58. The van der Waals surface area contributed by atoms with E-state index in [-0.39, 0.29) is 12.6 Å². The van der Waals surface area contributed by atoms with Crippen molar-refractivity contribution in [3.8, 4) is 23.0 Å². The van der Waals surface area contributed by atoms with Gasteiger partial charge in [0.25, 0.3) is 5.91 Å². The van der Waals surface area contributed by atoms with E-state index in [9.17, 15) is 4.79 Å². The highest BCUT2D eigenvalue weighted by molar-refractivity contribution is 5.97. The van der Waals surface area contributed by atoms with Crippen molar-refractivity contribution in [2.24, 2.45) is 0 Å². The molecule has 0 radical (unpaired) electrons. The van der Waals surface area contributed by atoms with Crippen molar-refractivity contribution in [2.45, 2.75) is 6.54 Å². The normalized spacial score (nSPS) is 15.5. The third-order valence-corrected chi connectivity index (χ3v) is 4.06. The maximum atomic E-state index is 12.7. The molecule has 6 heteroatoms. The van der Waals surface area contributed by atoms with Crippen LogP contribution in [0.5, 0.6) is 23.0 Å². The van der Waals surface area contributed by atoms with Gasteiger partial charge in [-0.05, 0) is 29.8 Å². The second kappa shape index (κ2) is 5.96. The van der Waals surface area contributed by atoms with E-state index in [1.165, 1.54) is 0 Å². The van der Waals surface area contributed by atoms with Gasteiger partial charge >= 0.3 is 0 Å². The molecule has 24 heavy (non-hydrogen) atoms. The minimum Gasteiger partial charge on any atom is -0.497 e. The smallest absolute Gasteiger partial charge is 0.260 e. The first kappa shape index (κ1) is 14.7. The Balaban J connectivity index is 1.54. The Labute approximate surface area is 139 Å². The Bertz CT molecular complexity index is 789. The zero-order valence-corrected chi connectivity index (χ0v) is 13.3. The van der Waals surface area contributed by atoms with Gasteiger partial charge in [-0.3, -0.25) is 4.79 Å². The van der Waals surface area contributed by atoms with E-state index in [1.54, 1.807) is 30.2 Å². The van der Waals surface area contributed by atoms with Crippen molar-refractivity contribution >= 4 is 5.91 Å². The number of amides is 1. The van der Waals surface area contributed by atoms with Crippen LogP contribution in [-0.2, 0) is 6.54 Å². The molecule has 0 fully saturated rings. The molecule has 2 aromatic carbocycles. The summed E-state index contributed by atoms with van der Waals surface area (Å²) in [5, 5.41) is 0. The molecule has 0 spiro atoms. The summed E-state index contributed by atoms with van der Waals surface area (Å²) >= 11 is 0. The molecule has 4 rings (SSSR count). The number of benzene rings is 2. The molecular weight excluding hydrogens is 310 g/mol. The largest absolute Gasteiger partial charge is 0.497 e. The second-order valence-electron chi connectivity index (χ2n) is 5.62. The average molecular weight is 327 g/mol. The van der Waals surface area contributed by atoms with Crippen LogP contribution in [-0.4, -0.2) is 37.9 Å². The Morgan fingerprint density at radius 3 is 2.67 bits per heavy atom. The van der Waals surface area contributed by atoms with Gasteiger partial charge in [0.15, 0.2) is 18.2 Å². The molecule has 2 aromatic rings. The standard InChI is InChI=1S/C18H17NO5/c1-21-13-3-4-14-16(9-13)24-11-19(18(14)20)10-12-2-5-15-17(8-12)23-7-6-22-15/h2-5,8-9H,6-7,10-11H2,1H3. The highest BCUT2D eigenvalue weighted by Gasteiger charge is 2.26. The molecule has 0 atom stereocenters. The van der Waals surface area contributed by atoms with Crippen molar-refractivity contribution in [3.63, 3.8) is 0 Å². The maximum Gasteiger partial charge on any atom is 0.260 e. The van der Waals surface area contributed by atoms with Gasteiger partial charge in [0.2, 0.25) is 0 Å². The minimum absolute atomic E-state index is 0.0613. The van der Waals surface area contributed by atoms with E-state index in [4.69, 9.17) is 18.9 Å². The van der Waals surface area contributed by atoms with Gasteiger partial charge in [0.1, 0.15) is 24.7 Å². The average Bonchev–Trinajstić information content (AvgIpc) is 2.63. The van der Waals surface area contributed by atoms with E-state index < -0.39 is 0 Å². The van der Waals surface area contributed by atoms with E-state index in [0.717, 1.165) is 11.3 Å². The van der Waals surface area contributed by atoms with Crippen LogP contribution in [0.15, 0.2) is 36.4 Å². The Kier molecular flexibility index (Phi) is 3.65. The molecule has 0 aliphatic carbocycles. The SMILES string of the molecule is COc1ccc2c(c1)OCN(Cc1ccc3c(c1)OCCO3)C2=O. The Morgan fingerprint density at radius 1 is 1.00 bits per heavy atom. The lowest BCUT2D eigenvalue weighted by Crippen LogP contribution is -2.38. The van der Waals surface area contributed by atoms with Gasteiger partial charge in [0.05, 0.1) is 12.7 Å². The number of hydrogen-bond donors (Lipinski definition) is 0. The molecule has 0 unspecified atom stereocenters. The molecule has 0 aromatic heterocycles. The molecule has 0 N–H and O–H groups in total. The highest BCUT2D eigenvalue weighted by Crippen LogP contribution is 2.33. The fourth-order valence-electron chi connectivity index (χ4n) is 2.83. The van der Waals surface area contributed by atoms with Gasteiger partial charge in [0, 0.05) is 12.6 Å². The molecule has 2 aliphatic rings. The topological polar surface area (TPSA) is 57.2 Å². The zero-order valence-electron chi connectivity index (χ0n) is 13.3. The number of hydrogen-bond acceptors (Lipinski definition) is 5. The van der Waals surface area contributed by atoms with Crippen LogP contribution in [0.3, 0.4) is 0 Å². The van der Waals surface area contributed by atoms with Crippen LogP contribution in [0.25, 0.3) is 0 Å². The summed E-state index contributed by atoms with van der Waals surface area (Å²) in [5.41, 5.74) is 1.51. The summed E-state index contributed by atoms with van der Waals surface area (Å²) in [6, 6.07) is 10.9. The van der Waals surface area contributed by atoms with Crippen molar-refractivity contribution in [2.75, 3.05) is 27.1 Å². The number of carbonyl (C=O) groups is 1. The van der Waals surface area contributed by atoms with Crippen LogP contribution in [0, 0.1) is 0 Å². The van der Waals surface area contributed by atoms with Crippen molar-refractivity contribution in [1.82, 2.24) is 4.90 Å². The molecule has 0 saturated carbocycles. The predicted molar refractivity (Wildman–Crippen MR) is 85.8 cm³/mol. The van der Waals surface area contributed by atoms with E-state index in [1.807, 2.05) is 18.2 Å². The Hall–Kier alpha value is -2.89. The van der Waals surface area contributed by atoms with E-state index in [0.29, 0.717) is 42.6 Å². The van der Waals surface area contributed by atoms with E-state index in [2.05, 4.69) is 0 Å². The summed E-state index contributed by atoms with van der Waals surface area (Å²) in [6.07, 6.45) is 0. The van der Waals surface area contributed by atoms with Crippen LogP contribution in [0.1, 0.15) is 15.9 Å². The number of fused-ring (bicyclic) bond motifs is 2. The summed E-state index contributed by atoms with van der Waals surface area (Å²) in [5.74, 6) is 2.62. The monoisotopic (exact) mass is 327 g/mol. The first-order valence-corrected chi connectivity index (χ1v) is 7.73. The molecular formula is C18H17NO5. The third-order valence-electron chi connectivity index (χ3n) is 4.06. The van der Waals surface area contributed by atoms with Gasteiger partial charge in [-0.2, -0.15) is 0 Å². The lowest BCUT2D eigenvalue weighted by atomic mass is 10.1. The zero-order chi connectivity index (χ0) is 16.5. The third kappa shape index (κ3) is 2.60. The Morgan fingerprint density at radius 2 is 1.83 bits per heavy atom. The lowest BCUT2D eigenvalue weighted by molar-refractivity contribution is 0.0497. The van der Waals surface area contributed by atoms with Crippen LogP contribution in [0.2, 0.25) is 0 Å². The molecule has 0 bridgehead atoms. The first-order chi connectivity index (χ1) is 11.7. The van der Waals surface area contributed by atoms with Gasteiger partial charge in [-0.1, -0.05) is 6.07 Å². The van der Waals surface area contributed by atoms with Gasteiger partial charge in [-0.15, -0.1) is 0 Å². The van der Waals surface area contributed by atoms with Crippen molar-refractivity contribution in [1.29, 1.82) is 0 Å². The summed E-state index contributed by atoms with van der Waals surface area (Å²) in [4.78, 5) is 14.3. The van der Waals surface area contributed by atoms with Crippen LogP contribution in [0.4, 0.5) is 0 Å². The highest BCUT2D eigenvalue weighted by atomic mass is 16.6. The summed E-state index contributed by atoms with van der Waals surface area (Å²) < 4.78 is 22.0. The number of methoxy groups -OCH3 is 1. The molecule has 6 nitrogen and oxygen atoms in total. The molecule has 124 valence electrons. The molecule has 2 heterocycles. The van der Waals surface area contributed by atoms with Gasteiger partial charge in [-0.25, -0.2) is 0 Å². The quantitative estimate of drug-likeness (QED) is 0.867. The molecule has 0 saturated heterocycles. The number of nitrogens with zero attached hydrogens (tertiary/aromatic N) is 1. The van der Waals surface area contributed by atoms with Gasteiger partial charge < -0.3 is 23.8 Å². The lowest BCUT2D eigenvalue weighted by Gasteiger charge is -2.29. The fraction of sp³-hybridized carbons (Fsp3) is 0.278. The first-order valence-electron chi connectivity index (χ1n) is 7.73. The predicted octanol–water partition coefficient (Wildman–Crippen LogP) is 2.46. The number of ether oxygens (including phenoxy) is 4. The number of rotatable bonds is 3. The maximum absolute atomic E-state index is 12.7. The van der Waals surface area contributed by atoms with Crippen LogP contribution < -0.4 is 18.9 Å². The second-order valence-corrected chi connectivity index (χ2v) is 5.62. The molecule has 2 aliphatic heterocycles. The van der Waals surface area contributed by atoms with Crippen molar-refractivity contribution < 1.29 is 23.7 Å². The summed E-state index contributed by atoms with van der Waals surface area (Å²) in [6.45, 7) is 1.75. The van der Waals surface area contributed by atoms with E-state index >= 15 is 0 Å². The fourth-order valence-corrected chi connectivity index (χ4v) is 2.83.